The number of benzene rings is 2. The molecule has 0 amide bonds. The van der Waals surface area contributed by atoms with Gasteiger partial charge in [-0.25, -0.2) is 0 Å². The van der Waals surface area contributed by atoms with E-state index >= 15 is 0 Å². The van der Waals surface area contributed by atoms with Crippen LogP contribution in [0.15, 0.2) is 36.4 Å². The van der Waals surface area contributed by atoms with E-state index in [0.29, 0.717) is 0 Å². The molecule has 5 rings (SSSR count). The van der Waals surface area contributed by atoms with Crippen LogP contribution in [0.4, 0.5) is 0 Å². The van der Waals surface area contributed by atoms with Crippen LogP contribution in [0.5, 0.6) is 0 Å². The zero-order chi connectivity index (χ0) is 13.8. The van der Waals surface area contributed by atoms with Gasteiger partial charge in [-0.2, -0.15) is 0 Å². The summed E-state index contributed by atoms with van der Waals surface area (Å²) in [5.41, 5.74) is 9.85. The highest BCUT2D eigenvalue weighted by Crippen LogP contribution is 2.55. The fraction of sp³-hybridized carbons (Fsp3) is 0.429. The van der Waals surface area contributed by atoms with Crippen molar-refractivity contribution in [1.82, 2.24) is 0 Å². The Morgan fingerprint density at radius 1 is 0.714 bits per heavy atom. The normalized spacial score (nSPS) is 25.7. The maximum atomic E-state index is 2.48. The van der Waals surface area contributed by atoms with Gasteiger partial charge in [0.25, 0.3) is 0 Å². The van der Waals surface area contributed by atoms with Crippen molar-refractivity contribution in [2.24, 2.45) is 0 Å². The Bertz CT molecular complexity index is 710. The molecule has 1 saturated carbocycles. The molecule has 0 nitrogen and oxygen atoms in total. The smallest absolute Gasteiger partial charge is 0.00866 e. The third-order valence-electron chi connectivity index (χ3n) is 6.11. The number of rotatable bonds is 0. The van der Waals surface area contributed by atoms with E-state index in [0.717, 1.165) is 11.8 Å². The Morgan fingerprint density at radius 3 is 2.48 bits per heavy atom. The fourth-order valence-corrected chi connectivity index (χ4v) is 5.23. The Kier molecular flexibility index (Phi) is 2.56. The Morgan fingerprint density at radius 2 is 1.52 bits per heavy atom. The molecule has 3 aliphatic carbocycles. The summed E-state index contributed by atoms with van der Waals surface area (Å²) < 4.78 is 0. The van der Waals surface area contributed by atoms with E-state index in [1.807, 2.05) is 0 Å². The zero-order valence-electron chi connectivity index (χ0n) is 12.6. The summed E-state index contributed by atoms with van der Waals surface area (Å²) in [5.74, 6) is 1.58. The fourth-order valence-electron chi connectivity index (χ4n) is 5.23. The van der Waals surface area contributed by atoms with E-state index in [1.54, 1.807) is 33.4 Å². The van der Waals surface area contributed by atoms with Gasteiger partial charge in [-0.05, 0) is 83.7 Å². The molecule has 0 heterocycles. The lowest BCUT2D eigenvalue weighted by molar-refractivity contribution is 0.610. The summed E-state index contributed by atoms with van der Waals surface area (Å²) in [6.45, 7) is 0. The molecule has 0 aliphatic heterocycles. The van der Waals surface area contributed by atoms with Gasteiger partial charge in [0.05, 0.1) is 0 Å². The van der Waals surface area contributed by atoms with E-state index in [4.69, 9.17) is 0 Å². The first-order valence-corrected chi connectivity index (χ1v) is 8.67. The molecular formula is C21H22. The van der Waals surface area contributed by atoms with Gasteiger partial charge in [-0.3, -0.25) is 0 Å². The summed E-state index contributed by atoms with van der Waals surface area (Å²) in [7, 11) is 0. The first-order chi connectivity index (χ1) is 10.4. The summed E-state index contributed by atoms with van der Waals surface area (Å²) in [4.78, 5) is 0. The molecule has 0 N–H and O–H groups in total. The van der Waals surface area contributed by atoms with Gasteiger partial charge < -0.3 is 0 Å². The van der Waals surface area contributed by atoms with Crippen molar-refractivity contribution in [2.45, 2.75) is 56.8 Å². The number of aryl methyl sites for hydroxylation is 1. The van der Waals surface area contributed by atoms with E-state index in [9.17, 15) is 0 Å². The van der Waals surface area contributed by atoms with Crippen molar-refractivity contribution in [2.75, 3.05) is 0 Å². The summed E-state index contributed by atoms with van der Waals surface area (Å²) in [6.07, 6.45) is 9.52. The van der Waals surface area contributed by atoms with E-state index < -0.39 is 0 Å². The van der Waals surface area contributed by atoms with Crippen LogP contribution in [0.1, 0.15) is 66.2 Å². The third kappa shape index (κ3) is 1.62. The van der Waals surface area contributed by atoms with Crippen LogP contribution < -0.4 is 0 Å². The molecule has 21 heavy (non-hydrogen) atoms. The Balaban J connectivity index is 1.83. The predicted molar refractivity (Wildman–Crippen MR) is 87.9 cm³/mol. The van der Waals surface area contributed by atoms with Gasteiger partial charge in [0.2, 0.25) is 0 Å². The van der Waals surface area contributed by atoms with E-state index in [1.165, 1.54) is 44.9 Å². The van der Waals surface area contributed by atoms with Gasteiger partial charge in [-0.1, -0.05) is 42.8 Å². The highest BCUT2D eigenvalue weighted by Gasteiger charge is 2.38. The van der Waals surface area contributed by atoms with Gasteiger partial charge in [0, 0.05) is 0 Å². The van der Waals surface area contributed by atoms with Crippen molar-refractivity contribution >= 4 is 0 Å². The van der Waals surface area contributed by atoms with Gasteiger partial charge in [0.15, 0.2) is 0 Å². The minimum Gasteiger partial charge on any atom is -0.0619 e. The van der Waals surface area contributed by atoms with Crippen LogP contribution in [-0.2, 0) is 12.8 Å². The van der Waals surface area contributed by atoms with Crippen LogP contribution in [-0.4, -0.2) is 0 Å². The Hall–Kier alpha value is -1.56. The quantitative estimate of drug-likeness (QED) is 0.587. The highest BCUT2D eigenvalue weighted by molar-refractivity contribution is 5.79. The Labute approximate surface area is 127 Å². The second kappa shape index (κ2) is 4.47. The largest absolute Gasteiger partial charge is 0.0619 e. The molecule has 3 aliphatic rings. The average Bonchev–Trinajstić information content (AvgIpc) is 3.04. The zero-order valence-corrected chi connectivity index (χ0v) is 12.6. The molecule has 0 aromatic heterocycles. The maximum absolute atomic E-state index is 2.48. The minimum absolute atomic E-state index is 0.787. The monoisotopic (exact) mass is 274 g/mol. The molecule has 2 unspecified atom stereocenters. The van der Waals surface area contributed by atoms with Crippen molar-refractivity contribution in [3.8, 4) is 11.1 Å². The first-order valence-electron chi connectivity index (χ1n) is 8.67. The molecule has 0 heteroatoms. The summed E-state index contributed by atoms with van der Waals surface area (Å²) >= 11 is 0. The molecule has 2 aromatic carbocycles. The van der Waals surface area contributed by atoms with Crippen LogP contribution in [0.3, 0.4) is 0 Å². The van der Waals surface area contributed by atoms with Crippen LogP contribution in [0.2, 0.25) is 0 Å². The maximum Gasteiger partial charge on any atom is -0.00866 e. The third-order valence-corrected chi connectivity index (χ3v) is 6.11. The number of hydrogen-bond acceptors (Lipinski definition) is 0. The van der Waals surface area contributed by atoms with Crippen LogP contribution in [0.25, 0.3) is 11.1 Å². The lowest BCUT2D eigenvalue weighted by Gasteiger charge is -2.34. The minimum atomic E-state index is 0.787. The van der Waals surface area contributed by atoms with Crippen LogP contribution in [0, 0.1) is 0 Å². The summed E-state index contributed by atoms with van der Waals surface area (Å²) in [6, 6.07) is 14.2. The first kappa shape index (κ1) is 12.0. The van der Waals surface area contributed by atoms with Gasteiger partial charge >= 0.3 is 0 Å². The molecule has 1 fully saturated rings. The molecular weight excluding hydrogens is 252 g/mol. The molecule has 0 saturated heterocycles. The molecule has 0 radical (unpaired) electrons. The molecule has 0 bridgehead atoms. The van der Waals surface area contributed by atoms with Crippen LogP contribution >= 0.6 is 0 Å². The highest BCUT2D eigenvalue weighted by atomic mass is 14.4. The van der Waals surface area contributed by atoms with Crippen molar-refractivity contribution in [3.63, 3.8) is 0 Å². The van der Waals surface area contributed by atoms with Crippen molar-refractivity contribution in [1.29, 1.82) is 0 Å². The average molecular weight is 274 g/mol. The second-order valence-electron chi connectivity index (χ2n) is 7.11. The van der Waals surface area contributed by atoms with Gasteiger partial charge in [0.1, 0.15) is 0 Å². The lowest BCUT2D eigenvalue weighted by Crippen LogP contribution is -2.16. The predicted octanol–water partition coefficient (Wildman–Crippen LogP) is 5.60. The molecule has 0 spiro atoms. The number of hydrogen-bond donors (Lipinski definition) is 0. The van der Waals surface area contributed by atoms with Crippen molar-refractivity contribution in [3.05, 3.63) is 58.7 Å². The van der Waals surface area contributed by atoms with Gasteiger partial charge in [-0.15, -0.1) is 0 Å². The summed E-state index contributed by atoms with van der Waals surface area (Å²) in [5, 5.41) is 0. The molecule has 106 valence electrons. The molecule has 2 atom stereocenters. The van der Waals surface area contributed by atoms with E-state index in [2.05, 4.69) is 36.4 Å². The SMILES string of the molecule is c1ccc2c(c1)-c1c(ccc3c1CCCC3)C1CCCC21. The second-order valence-corrected chi connectivity index (χ2v) is 7.11. The standard InChI is InChI=1S/C21H22/c1-2-7-15-14(6-1)12-13-20-18-11-5-10-16(18)17-8-3-4-9-19(17)21(15)20/h3-4,8-9,12-13,16,18H,1-2,5-7,10-11H2. The molecule has 2 aromatic rings. The van der Waals surface area contributed by atoms with E-state index in [-0.39, 0.29) is 0 Å². The lowest BCUT2D eigenvalue weighted by atomic mass is 9.70. The number of fused-ring (bicyclic) bond motifs is 8. The van der Waals surface area contributed by atoms with Crippen molar-refractivity contribution < 1.29 is 0 Å². The topological polar surface area (TPSA) is 0 Å².